The molecule has 132 valence electrons. The number of ketones is 1. The molecule has 0 amide bonds. The number of nitrogens with one attached hydrogen (secondary N) is 1. The Hall–Kier alpha value is -2.55. The van der Waals surface area contributed by atoms with E-state index in [2.05, 4.69) is 14.7 Å². The number of hydrogen-bond acceptors (Lipinski definition) is 6. The number of carbonyl (C=O) groups is 2. The fourth-order valence-electron chi connectivity index (χ4n) is 2.09. The number of benzene rings is 1. The number of H-pyrrole nitrogens is 1. The van der Waals surface area contributed by atoms with Crippen molar-refractivity contribution in [2.24, 2.45) is 0 Å². The van der Waals surface area contributed by atoms with Crippen molar-refractivity contribution in [2.45, 2.75) is 24.1 Å². The lowest BCUT2D eigenvalue weighted by atomic mass is 10.1. The Morgan fingerprint density at radius 1 is 1.28 bits per heavy atom. The molecule has 9 heteroatoms. The van der Waals surface area contributed by atoms with Crippen molar-refractivity contribution in [1.29, 1.82) is 0 Å². The van der Waals surface area contributed by atoms with Crippen molar-refractivity contribution < 1.29 is 23.1 Å². The zero-order valence-electron chi connectivity index (χ0n) is 13.6. The number of hydrogen-bond donors (Lipinski definition) is 1. The van der Waals surface area contributed by atoms with E-state index in [0.29, 0.717) is 0 Å². The minimum absolute atomic E-state index is 0.0246. The van der Waals surface area contributed by atoms with E-state index in [4.69, 9.17) is 0 Å². The normalized spacial score (nSPS) is 11.9. The Morgan fingerprint density at radius 2 is 1.96 bits per heavy atom. The molecule has 25 heavy (non-hydrogen) atoms. The standard InChI is InChI=1S/C16H14F2N2O4S/c1-7-12(15(22)24-3)14(20-16(23)19-7)25-8(2)13(21)9-4-5-10(17)11(18)6-9/h4-6,8H,1-3H3,(H,19,20,23)/t8-/m1/s1. The third-order valence-electron chi connectivity index (χ3n) is 3.34. The molecule has 6 nitrogen and oxygen atoms in total. The number of nitrogens with zero attached hydrogens (tertiary/aromatic N) is 1. The van der Waals surface area contributed by atoms with Crippen LogP contribution in [-0.4, -0.2) is 34.1 Å². The summed E-state index contributed by atoms with van der Waals surface area (Å²) in [4.78, 5) is 42.0. The van der Waals surface area contributed by atoms with Crippen LogP contribution in [0.2, 0.25) is 0 Å². The van der Waals surface area contributed by atoms with E-state index in [1.807, 2.05) is 0 Å². The van der Waals surface area contributed by atoms with Crippen molar-refractivity contribution in [3.63, 3.8) is 0 Å². The number of aryl methyl sites for hydroxylation is 1. The van der Waals surface area contributed by atoms with Crippen LogP contribution in [0.3, 0.4) is 0 Å². The Bertz CT molecular complexity index is 898. The number of thioether (sulfide) groups is 1. The average Bonchev–Trinajstić information content (AvgIpc) is 2.55. The van der Waals surface area contributed by atoms with E-state index in [1.165, 1.54) is 21.0 Å². The van der Waals surface area contributed by atoms with E-state index in [9.17, 15) is 23.2 Å². The Morgan fingerprint density at radius 3 is 2.56 bits per heavy atom. The minimum atomic E-state index is -1.14. The monoisotopic (exact) mass is 368 g/mol. The van der Waals surface area contributed by atoms with E-state index < -0.39 is 34.3 Å². The van der Waals surface area contributed by atoms with Gasteiger partial charge in [-0.05, 0) is 32.0 Å². The second kappa shape index (κ2) is 7.56. The van der Waals surface area contributed by atoms with E-state index in [0.717, 1.165) is 30.0 Å². The summed E-state index contributed by atoms with van der Waals surface area (Å²) in [6.07, 6.45) is 0. The van der Waals surface area contributed by atoms with Gasteiger partial charge in [-0.2, -0.15) is 4.98 Å². The molecular weight excluding hydrogens is 354 g/mol. The summed E-state index contributed by atoms with van der Waals surface area (Å²) in [6, 6.07) is 2.82. The zero-order valence-corrected chi connectivity index (χ0v) is 14.4. The van der Waals surface area contributed by atoms with Gasteiger partial charge in [0.05, 0.1) is 12.4 Å². The molecule has 1 aromatic heterocycles. The van der Waals surface area contributed by atoms with Crippen LogP contribution in [0.5, 0.6) is 0 Å². The molecule has 1 N–H and O–H groups in total. The second-order valence-corrected chi connectivity index (χ2v) is 6.42. The van der Waals surface area contributed by atoms with Crippen LogP contribution in [0.1, 0.15) is 33.3 Å². The van der Waals surface area contributed by atoms with Gasteiger partial charge in [-0.15, -0.1) is 0 Å². The van der Waals surface area contributed by atoms with E-state index >= 15 is 0 Å². The molecule has 2 aromatic rings. The first-order valence-corrected chi connectivity index (χ1v) is 7.97. The zero-order chi connectivity index (χ0) is 18.7. The van der Waals surface area contributed by atoms with E-state index in [-0.39, 0.29) is 21.8 Å². The SMILES string of the molecule is COC(=O)c1c(S[C@H](C)C(=O)c2ccc(F)c(F)c2)nc(=O)[nH]c1C. The van der Waals surface area contributed by atoms with Crippen LogP contribution >= 0.6 is 11.8 Å². The first kappa shape index (κ1) is 18.8. The smallest absolute Gasteiger partial charge is 0.346 e. The summed E-state index contributed by atoms with van der Waals surface area (Å²) >= 11 is 0.858. The highest BCUT2D eigenvalue weighted by molar-refractivity contribution is 8.00. The molecule has 0 bridgehead atoms. The molecule has 0 aliphatic heterocycles. The molecule has 2 rings (SSSR count). The molecule has 1 heterocycles. The van der Waals surface area contributed by atoms with Gasteiger partial charge < -0.3 is 9.72 Å². The Kier molecular flexibility index (Phi) is 5.68. The van der Waals surface area contributed by atoms with Gasteiger partial charge in [0.25, 0.3) is 0 Å². The van der Waals surface area contributed by atoms with Crippen molar-refractivity contribution in [2.75, 3.05) is 7.11 Å². The molecule has 1 aromatic carbocycles. The second-order valence-electron chi connectivity index (χ2n) is 5.09. The van der Waals surface area contributed by atoms with Crippen LogP contribution in [-0.2, 0) is 4.74 Å². The molecule has 0 unspecified atom stereocenters. The maximum absolute atomic E-state index is 13.3. The summed E-state index contributed by atoms with van der Waals surface area (Å²) in [7, 11) is 1.18. The predicted octanol–water partition coefficient (Wildman–Crippen LogP) is 2.51. The van der Waals surface area contributed by atoms with Crippen molar-refractivity contribution in [3.8, 4) is 0 Å². The van der Waals surface area contributed by atoms with Crippen molar-refractivity contribution in [1.82, 2.24) is 9.97 Å². The summed E-state index contributed by atoms with van der Waals surface area (Å²) in [5.74, 6) is -3.41. The first-order valence-electron chi connectivity index (χ1n) is 7.09. The predicted molar refractivity (Wildman–Crippen MR) is 86.9 cm³/mol. The van der Waals surface area contributed by atoms with Gasteiger partial charge in [-0.25, -0.2) is 18.4 Å². The maximum Gasteiger partial charge on any atom is 0.346 e. The molecular formula is C16H14F2N2O4S. The highest BCUT2D eigenvalue weighted by Gasteiger charge is 2.24. The molecule has 1 atom stereocenters. The maximum atomic E-state index is 13.3. The van der Waals surface area contributed by atoms with Gasteiger partial charge in [0.15, 0.2) is 17.4 Å². The van der Waals surface area contributed by atoms with Crippen molar-refractivity contribution >= 4 is 23.5 Å². The Labute approximate surface area is 145 Å². The highest BCUT2D eigenvalue weighted by atomic mass is 32.2. The highest BCUT2D eigenvalue weighted by Crippen LogP contribution is 2.28. The number of aromatic amines is 1. The number of carbonyl (C=O) groups excluding carboxylic acids is 2. The molecule has 0 spiro atoms. The lowest BCUT2D eigenvalue weighted by molar-refractivity contribution is 0.0593. The quantitative estimate of drug-likeness (QED) is 0.378. The third kappa shape index (κ3) is 4.11. The lowest BCUT2D eigenvalue weighted by Gasteiger charge is -2.13. The van der Waals surface area contributed by atoms with Crippen LogP contribution in [0.15, 0.2) is 28.0 Å². The van der Waals surface area contributed by atoms with Gasteiger partial charge in [-0.3, -0.25) is 4.79 Å². The minimum Gasteiger partial charge on any atom is -0.465 e. The molecule has 0 saturated heterocycles. The number of ether oxygens (including phenoxy) is 1. The number of rotatable bonds is 5. The number of methoxy groups -OCH3 is 1. The number of halogens is 2. The lowest BCUT2D eigenvalue weighted by Crippen LogP contribution is -2.21. The molecule has 0 radical (unpaired) electrons. The summed E-state index contributed by atoms with van der Waals surface area (Å²) in [5.41, 5.74) is -0.418. The van der Waals surface area contributed by atoms with Crippen LogP contribution in [0, 0.1) is 18.6 Å². The van der Waals surface area contributed by atoms with Gasteiger partial charge in [0.1, 0.15) is 10.6 Å². The van der Waals surface area contributed by atoms with Crippen molar-refractivity contribution in [3.05, 3.63) is 57.1 Å². The van der Waals surface area contributed by atoms with Crippen LogP contribution in [0.4, 0.5) is 8.78 Å². The van der Waals surface area contributed by atoms with Crippen LogP contribution < -0.4 is 5.69 Å². The molecule has 0 saturated carbocycles. The van der Waals surface area contributed by atoms with Crippen LogP contribution in [0.25, 0.3) is 0 Å². The topological polar surface area (TPSA) is 89.1 Å². The largest absolute Gasteiger partial charge is 0.465 e. The number of esters is 1. The number of aromatic nitrogens is 2. The van der Waals surface area contributed by atoms with E-state index in [1.54, 1.807) is 0 Å². The summed E-state index contributed by atoms with van der Waals surface area (Å²) < 4.78 is 30.9. The molecule has 0 aliphatic carbocycles. The molecule has 0 aliphatic rings. The summed E-state index contributed by atoms with van der Waals surface area (Å²) in [5, 5.41) is -0.779. The van der Waals surface area contributed by atoms with Gasteiger partial charge in [0, 0.05) is 11.3 Å². The third-order valence-corrected chi connectivity index (χ3v) is 4.42. The van der Waals surface area contributed by atoms with Gasteiger partial charge >= 0.3 is 11.7 Å². The fourth-order valence-corrected chi connectivity index (χ4v) is 3.16. The first-order chi connectivity index (χ1) is 11.7. The van der Waals surface area contributed by atoms with Gasteiger partial charge in [-0.1, -0.05) is 11.8 Å². The fraction of sp³-hybridized carbons (Fsp3) is 0.250. The molecule has 0 fully saturated rings. The van der Waals surface area contributed by atoms with Gasteiger partial charge in [0.2, 0.25) is 0 Å². The summed E-state index contributed by atoms with van der Waals surface area (Å²) in [6.45, 7) is 3.01. The Balaban J connectivity index is 2.35. The average molecular weight is 368 g/mol. The number of Topliss-reactive ketones (excluding diaryl/α,β-unsaturated/α-hetero) is 1.